The number of nitrogens with one attached hydrogen (secondary N) is 1. The average Bonchev–Trinajstić information content (AvgIpc) is 3.85. The molecule has 54 heavy (non-hydrogen) atoms. The summed E-state index contributed by atoms with van der Waals surface area (Å²) in [4.78, 5) is 55.9. The first-order valence-electron chi connectivity index (χ1n) is 18.7. The van der Waals surface area contributed by atoms with Crippen molar-refractivity contribution in [2.45, 2.75) is 87.5 Å². The molecule has 2 aliphatic heterocycles. The van der Waals surface area contributed by atoms with Crippen LogP contribution in [0.4, 0.5) is 0 Å². The van der Waals surface area contributed by atoms with Crippen molar-refractivity contribution in [2.75, 3.05) is 13.7 Å². The molecule has 3 aromatic rings. The monoisotopic (exact) mass is 739 g/mol. The maximum absolute atomic E-state index is 14.2. The molecule has 1 aliphatic carbocycles. The Labute approximate surface area is 334 Å². The molecule has 3 atom stereocenters. The maximum Gasteiger partial charge on any atom is 2.00 e. The predicted octanol–water partition coefficient (Wildman–Crippen LogP) is 5.71. The molecule has 5 heterocycles. The molecule has 8 bridgehead atoms. The molecule has 3 aromatic heterocycles. The molecule has 9 nitrogen and oxygen atoms in total. The Hall–Kier alpha value is -4.28. The molecule has 0 saturated carbocycles. The molecular formula is C44H51MgN4O5-. The zero-order valence-electron chi connectivity index (χ0n) is 33.2. The van der Waals surface area contributed by atoms with E-state index in [1.807, 2.05) is 58.1 Å². The van der Waals surface area contributed by atoms with E-state index in [2.05, 4.69) is 39.6 Å². The van der Waals surface area contributed by atoms with E-state index in [0.717, 1.165) is 69.3 Å². The van der Waals surface area contributed by atoms with Crippen LogP contribution in [0.2, 0.25) is 0 Å². The van der Waals surface area contributed by atoms with Gasteiger partial charge in [-0.2, -0.15) is 0 Å². The topological polar surface area (TPSA) is 124 Å². The van der Waals surface area contributed by atoms with Crippen LogP contribution in [-0.4, -0.2) is 54.5 Å². The fourth-order valence-electron chi connectivity index (χ4n) is 7.89. The van der Waals surface area contributed by atoms with Gasteiger partial charge in [-0.1, -0.05) is 85.9 Å². The molecule has 6 rings (SSSR count). The third-order valence-electron chi connectivity index (χ3n) is 11.4. The molecule has 10 heteroatoms. The summed E-state index contributed by atoms with van der Waals surface area (Å²) in [6.07, 6.45) is 13.6. The summed E-state index contributed by atoms with van der Waals surface area (Å²) in [6.45, 7) is 20.9. The van der Waals surface area contributed by atoms with Gasteiger partial charge in [0.25, 0.3) is 0 Å². The Balaban J connectivity index is 0.00000561. The van der Waals surface area contributed by atoms with Gasteiger partial charge in [-0.05, 0) is 77.0 Å². The standard InChI is InChI=1S/C44H52N4O5.Mg/c1-11-29-26(7)33-20-34-27(8)30(15-16-37(49)53-18-17-23(4)14-12-13-22(2)3)41(47-34)39-40(44(51)52-10)43(50)38-28(9)35(48-42(38)39)19-31-24(5)25(6)32(45-31)21-36(29)46-33;/h11,17,19-22,27,30,40H,1,12-16,18H2,2-10H3,(H2,47,48,50);/q-2;+2/p-1/b23-17+,31-19-,32-21-,34-20-;/t27-,30-,40+;/m0./s1. The Bertz CT molecular complexity index is 2220. The molecule has 0 amide bonds. The number of fused-ring (bicyclic) bond motifs is 7. The summed E-state index contributed by atoms with van der Waals surface area (Å²) in [7, 11) is 1.29. The first-order chi connectivity index (χ1) is 25.2. The van der Waals surface area contributed by atoms with Gasteiger partial charge in [0, 0.05) is 35.2 Å². The zero-order chi connectivity index (χ0) is 38.3. The Morgan fingerprint density at radius 1 is 0.944 bits per heavy atom. The molecule has 0 unspecified atom stereocenters. The number of ketones is 1. The van der Waals surface area contributed by atoms with Crippen LogP contribution in [0.1, 0.15) is 121 Å². The summed E-state index contributed by atoms with van der Waals surface area (Å²) < 4.78 is 10.9. The molecule has 1 N–H and O–H groups in total. The van der Waals surface area contributed by atoms with Crippen LogP contribution in [0.15, 0.2) is 29.6 Å². The van der Waals surface area contributed by atoms with Crippen LogP contribution in [0.5, 0.6) is 0 Å². The summed E-state index contributed by atoms with van der Waals surface area (Å²) in [5, 5.41) is 5.18. The first kappa shape index (κ1) is 40.9. The number of hydrogen-bond donors (Lipinski definition) is 1. The second-order valence-corrected chi connectivity index (χ2v) is 15.2. The second kappa shape index (κ2) is 16.6. The van der Waals surface area contributed by atoms with E-state index in [9.17, 15) is 14.4 Å². The van der Waals surface area contributed by atoms with Crippen molar-refractivity contribution < 1.29 is 23.9 Å². The zero-order valence-corrected chi connectivity index (χ0v) is 34.7. The van der Waals surface area contributed by atoms with Gasteiger partial charge in [0.05, 0.1) is 7.11 Å². The number of carbonyl (C=O) groups is 3. The van der Waals surface area contributed by atoms with E-state index < -0.39 is 11.9 Å². The van der Waals surface area contributed by atoms with Crippen LogP contribution >= 0.6 is 0 Å². The molecule has 1 saturated heterocycles. The normalized spacial score (nSPS) is 22.4. The Kier molecular flexibility index (Phi) is 12.6. The van der Waals surface area contributed by atoms with Crippen LogP contribution in [0.25, 0.3) is 29.9 Å². The molecule has 280 valence electrons. The number of aromatic nitrogens is 3. The van der Waals surface area contributed by atoms with E-state index in [1.165, 1.54) is 12.7 Å². The third-order valence-corrected chi connectivity index (χ3v) is 11.4. The summed E-state index contributed by atoms with van der Waals surface area (Å²) in [5.74, 6) is -2.19. The van der Waals surface area contributed by atoms with Gasteiger partial charge in [-0.25, -0.2) is 0 Å². The molecule has 3 aliphatic rings. The molecule has 0 radical (unpaired) electrons. The maximum atomic E-state index is 14.2. The minimum absolute atomic E-state index is 0. The van der Waals surface area contributed by atoms with Crippen molar-refractivity contribution in [3.63, 3.8) is 0 Å². The summed E-state index contributed by atoms with van der Waals surface area (Å²) in [6, 6.07) is 0. The molecule has 1 fully saturated rings. The van der Waals surface area contributed by atoms with Gasteiger partial charge in [-0.3, -0.25) is 14.4 Å². The van der Waals surface area contributed by atoms with E-state index in [1.54, 1.807) is 0 Å². The van der Waals surface area contributed by atoms with E-state index >= 15 is 0 Å². The Morgan fingerprint density at radius 3 is 2.26 bits per heavy atom. The van der Waals surface area contributed by atoms with Gasteiger partial charge in [-0.15, -0.1) is 33.5 Å². The second-order valence-electron chi connectivity index (χ2n) is 15.2. The van der Waals surface area contributed by atoms with E-state index in [-0.39, 0.29) is 59.7 Å². The predicted molar refractivity (Wildman–Crippen MR) is 214 cm³/mol. The van der Waals surface area contributed by atoms with Gasteiger partial charge in [0.2, 0.25) is 0 Å². The van der Waals surface area contributed by atoms with Crippen molar-refractivity contribution in [3.8, 4) is 0 Å². The number of Topliss-reactive ketones (excluding diaryl/α,β-unsaturated/α-hetero) is 1. The van der Waals surface area contributed by atoms with Gasteiger partial charge in [0.1, 0.15) is 12.5 Å². The van der Waals surface area contributed by atoms with Crippen molar-refractivity contribution in [1.29, 1.82) is 0 Å². The third kappa shape index (κ3) is 7.64. The summed E-state index contributed by atoms with van der Waals surface area (Å²) in [5.41, 5.74) is 10.9. The Morgan fingerprint density at radius 2 is 1.61 bits per heavy atom. The number of ether oxygens (including phenoxy) is 2. The van der Waals surface area contributed by atoms with Crippen LogP contribution < -0.4 is 31.0 Å². The van der Waals surface area contributed by atoms with E-state index in [4.69, 9.17) is 24.4 Å². The van der Waals surface area contributed by atoms with Crippen LogP contribution in [0.3, 0.4) is 0 Å². The average molecular weight is 740 g/mol. The fourth-order valence-corrected chi connectivity index (χ4v) is 7.89. The van der Waals surface area contributed by atoms with Crippen LogP contribution in [-0.2, 0) is 19.1 Å². The van der Waals surface area contributed by atoms with Crippen molar-refractivity contribution in [3.05, 3.63) is 96.5 Å². The summed E-state index contributed by atoms with van der Waals surface area (Å²) >= 11 is 0. The smallest absolute Gasteiger partial charge is 0.657 e. The van der Waals surface area contributed by atoms with E-state index in [0.29, 0.717) is 46.1 Å². The molecular weight excluding hydrogens is 689 g/mol. The molecule has 0 aromatic carbocycles. The minimum Gasteiger partial charge on any atom is -0.657 e. The number of methoxy groups -OCH3 is 1. The van der Waals surface area contributed by atoms with Gasteiger partial charge >= 0.3 is 35.0 Å². The fraction of sp³-hybridized carbons (Fsp3) is 0.432. The number of esters is 2. The SMILES string of the molecule is C=Cc1c2[n-]c(c1C)/C=C1\N/C(=C3\c4[n-]c(c(C)c4C(=O)[C@@H]3C(=O)OC)/C=c3\[n-]/c(c(C)c3C)=C\2)[C@@H](CCC(=O)OC/C=C(\C)CCCC(C)C)[C@@H]1C.[Mg+2]. The minimum atomic E-state index is -1.18. The number of rotatable bonds is 11. The van der Waals surface area contributed by atoms with Gasteiger partial charge < -0.3 is 29.7 Å². The van der Waals surface area contributed by atoms with Crippen LogP contribution in [0, 0.1) is 51.4 Å². The number of allylic oxidation sites excluding steroid dienone is 3. The largest absolute Gasteiger partial charge is 2.00 e. The molecule has 0 spiro atoms. The number of nitrogens with zero attached hydrogens (tertiary/aromatic N) is 3. The quantitative estimate of drug-likeness (QED) is 0.114. The first-order valence-corrected chi connectivity index (χ1v) is 18.7. The number of carbonyl (C=O) groups excluding carboxylic acids is 3. The van der Waals surface area contributed by atoms with Crippen molar-refractivity contribution in [2.24, 2.45) is 23.7 Å². The van der Waals surface area contributed by atoms with Gasteiger partial charge in [0.15, 0.2) is 5.78 Å². The van der Waals surface area contributed by atoms with Crippen molar-refractivity contribution in [1.82, 2.24) is 20.3 Å². The van der Waals surface area contributed by atoms with Crippen molar-refractivity contribution >= 4 is 70.7 Å². The number of hydrogen-bond acceptors (Lipinski definition) is 6.